The van der Waals surface area contributed by atoms with Crippen LogP contribution in [0.1, 0.15) is 34.2 Å². The molecule has 0 radical (unpaired) electrons. The molecule has 29 heavy (non-hydrogen) atoms. The number of pyridine rings is 1. The first-order chi connectivity index (χ1) is 14.0. The first-order valence-corrected chi connectivity index (χ1v) is 9.82. The number of rotatable bonds is 4. The summed E-state index contributed by atoms with van der Waals surface area (Å²) in [4.78, 5) is 17.2. The fourth-order valence-electron chi connectivity index (χ4n) is 3.14. The average molecular weight is 456 g/mol. The molecule has 0 bridgehead atoms. The number of aryl methyl sites for hydroxylation is 1. The lowest BCUT2D eigenvalue weighted by Crippen LogP contribution is -2.12. The second-order valence-electron chi connectivity index (χ2n) is 7.03. The maximum absolute atomic E-state index is 13.2. The predicted molar refractivity (Wildman–Crippen MR) is 108 cm³/mol. The molecule has 1 aliphatic rings. The topological polar surface area (TPSA) is 85.3 Å². The van der Waals surface area contributed by atoms with E-state index in [1.165, 1.54) is 6.20 Å². The van der Waals surface area contributed by atoms with Crippen LogP contribution in [-0.4, -0.2) is 31.8 Å². The molecule has 4 aromatic rings. The third kappa shape index (κ3) is 3.31. The highest BCUT2D eigenvalue weighted by atomic mass is 79.9. The van der Waals surface area contributed by atoms with Crippen molar-refractivity contribution in [3.05, 3.63) is 64.2 Å². The second kappa shape index (κ2) is 6.77. The van der Waals surface area contributed by atoms with E-state index in [-0.39, 0.29) is 11.8 Å². The monoisotopic (exact) mass is 455 g/mol. The van der Waals surface area contributed by atoms with Gasteiger partial charge in [0.15, 0.2) is 0 Å². The number of hydrogen-bond acceptors (Lipinski definition) is 5. The molecule has 146 valence electrons. The smallest absolute Gasteiger partial charge is 0.259 e. The largest absolute Gasteiger partial charge is 0.339 e. The zero-order chi connectivity index (χ0) is 20.1. The van der Waals surface area contributed by atoms with Crippen molar-refractivity contribution in [3.63, 3.8) is 0 Å². The minimum Gasteiger partial charge on any atom is -0.339 e. The van der Waals surface area contributed by atoms with Gasteiger partial charge in [-0.2, -0.15) is 10.1 Å². The normalized spacial score (nSPS) is 18.2. The predicted octanol–water partition coefficient (Wildman–Crippen LogP) is 4.53. The van der Waals surface area contributed by atoms with Gasteiger partial charge < -0.3 is 9.84 Å². The van der Waals surface area contributed by atoms with Crippen molar-refractivity contribution >= 4 is 33.0 Å². The van der Waals surface area contributed by atoms with Gasteiger partial charge in [-0.05, 0) is 37.1 Å². The summed E-state index contributed by atoms with van der Waals surface area (Å²) in [6.45, 7) is 1.89. The SMILES string of the molecule is Cc1ccc(-c2noc([C@H]3C[C@@H]3F)n2)cc1NC(=O)c1cnn2ccc(Br)cc12. The molecule has 9 heteroatoms. The number of amides is 1. The first kappa shape index (κ1) is 18.0. The summed E-state index contributed by atoms with van der Waals surface area (Å²) in [6, 6.07) is 9.17. The van der Waals surface area contributed by atoms with Crippen LogP contribution in [0, 0.1) is 6.92 Å². The van der Waals surface area contributed by atoms with Crippen LogP contribution in [0.4, 0.5) is 10.1 Å². The fourth-order valence-corrected chi connectivity index (χ4v) is 3.47. The highest BCUT2D eigenvalue weighted by molar-refractivity contribution is 9.10. The number of nitrogens with zero attached hydrogens (tertiary/aromatic N) is 4. The van der Waals surface area contributed by atoms with Gasteiger partial charge in [0.05, 0.1) is 23.2 Å². The molecular formula is C20H15BrFN5O2. The molecule has 3 aromatic heterocycles. The van der Waals surface area contributed by atoms with Crippen molar-refractivity contribution in [2.75, 3.05) is 5.32 Å². The Kier molecular flexibility index (Phi) is 4.20. The van der Waals surface area contributed by atoms with Crippen LogP contribution in [0.2, 0.25) is 0 Å². The standard InChI is InChI=1S/C20H15BrFN5O2/c1-10-2-3-11(18-25-20(29-26-18)13-8-15(13)22)6-16(10)24-19(28)14-9-23-27-5-4-12(21)7-17(14)27/h2-7,9,13,15H,8H2,1H3,(H,24,28)/t13-,15-/m0/s1. The molecule has 2 atom stereocenters. The summed E-state index contributed by atoms with van der Waals surface area (Å²) < 4.78 is 20.9. The van der Waals surface area contributed by atoms with Crippen LogP contribution < -0.4 is 5.32 Å². The number of fused-ring (bicyclic) bond motifs is 1. The number of benzene rings is 1. The Morgan fingerprint density at radius 1 is 1.34 bits per heavy atom. The number of alkyl halides is 1. The van der Waals surface area contributed by atoms with E-state index < -0.39 is 6.17 Å². The highest BCUT2D eigenvalue weighted by Gasteiger charge is 2.43. The summed E-state index contributed by atoms with van der Waals surface area (Å²) in [7, 11) is 0. The first-order valence-electron chi connectivity index (χ1n) is 9.02. The number of nitrogens with one attached hydrogen (secondary N) is 1. The van der Waals surface area contributed by atoms with Crippen molar-refractivity contribution in [2.45, 2.75) is 25.4 Å². The lowest BCUT2D eigenvalue weighted by atomic mass is 10.1. The van der Waals surface area contributed by atoms with Crippen molar-refractivity contribution in [2.24, 2.45) is 0 Å². The fraction of sp³-hybridized carbons (Fsp3) is 0.200. The molecule has 1 aliphatic carbocycles. The number of hydrogen-bond donors (Lipinski definition) is 1. The van der Waals surface area contributed by atoms with E-state index in [9.17, 15) is 9.18 Å². The van der Waals surface area contributed by atoms with Gasteiger partial charge in [-0.3, -0.25) is 4.79 Å². The van der Waals surface area contributed by atoms with Crippen molar-refractivity contribution < 1.29 is 13.7 Å². The second-order valence-corrected chi connectivity index (χ2v) is 7.95. The Morgan fingerprint density at radius 3 is 2.97 bits per heavy atom. The maximum atomic E-state index is 13.2. The number of halogens is 2. The Morgan fingerprint density at radius 2 is 2.17 bits per heavy atom. The van der Waals surface area contributed by atoms with E-state index in [4.69, 9.17) is 4.52 Å². The Balaban J connectivity index is 1.43. The molecule has 1 aromatic carbocycles. The molecule has 1 amide bonds. The summed E-state index contributed by atoms with van der Waals surface area (Å²) in [5.41, 5.74) is 3.34. The molecule has 0 unspecified atom stereocenters. The molecule has 1 N–H and O–H groups in total. The molecule has 1 fully saturated rings. The summed E-state index contributed by atoms with van der Waals surface area (Å²) in [5.74, 6) is 0.117. The third-order valence-electron chi connectivity index (χ3n) is 4.94. The molecule has 0 aliphatic heterocycles. The van der Waals surface area contributed by atoms with E-state index in [0.29, 0.717) is 40.5 Å². The van der Waals surface area contributed by atoms with E-state index >= 15 is 0 Å². The molecule has 0 spiro atoms. The molecule has 7 nitrogen and oxygen atoms in total. The Labute approximate surface area is 173 Å². The number of anilines is 1. The van der Waals surface area contributed by atoms with Gasteiger partial charge in [0.25, 0.3) is 5.91 Å². The molecular weight excluding hydrogens is 441 g/mol. The van der Waals surface area contributed by atoms with Gasteiger partial charge in [-0.25, -0.2) is 8.91 Å². The highest BCUT2D eigenvalue weighted by Crippen LogP contribution is 2.43. The number of carbonyl (C=O) groups excluding carboxylic acids is 1. The van der Waals surface area contributed by atoms with Gasteiger partial charge in [0.1, 0.15) is 6.17 Å². The molecule has 1 saturated carbocycles. The van der Waals surface area contributed by atoms with Gasteiger partial charge in [0, 0.05) is 21.9 Å². The van der Waals surface area contributed by atoms with Gasteiger partial charge in [-0.1, -0.05) is 33.2 Å². The van der Waals surface area contributed by atoms with Gasteiger partial charge in [-0.15, -0.1) is 0 Å². The van der Waals surface area contributed by atoms with Crippen molar-refractivity contribution in [1.29, 1.82) is 0 Å². The van der Waals surface area contributed by atoms with Crippen molar-refractivity contribution in [3.8, 4) is 11.4 Å². The maximum Gasteiger partial charge on any atom is 0.259 e. The summed E-state index contributed by atoms with van der Waals surface area (Å²) in [6.07, 6.45) is 2.83. The quantitative estimate of drug-likeness (QED) is 0.488. The molecule has 0 saturated heterocycles. The number of carbonyl (C=O) groups is 1. The Bertz CT molecular complexity index is 1250. The van der Waals surface area contributed by atoms with E-state index in [2.05, 4.69) is 36.5 Å². The zero-order valence-electron chi connectivity index (χ0n) is 15.3. The summed E-state index contributed by atoms with van der Waals surface area (Å²) in [5, 5.41) is 11.1. The van der Waals surface area contributed by atoms with Crippen LogP contribution in [0.3, 0.4) is 0 Å². The van der Waals surface area contributed by atoms with Crippen LogP contribution in [0.25, 0.3) is 16.9 Å². The third-order valence-corrected chi connectivity index (χ3v) is 5.44. The zero-order valence-corrected chi connectivity index (χ0v) is 16.9. The molecule has 3 heterocycles. The minimum atomic E-state index is -0.901. The van der Waals surface area contributed by atoms with Crippen LogP contribution >= 0.6 is 15.9 Å². The minimum absolute atomic E-state index is 0.273. The van der Waals surface area contributed by atoms with E-state index in [0.717, 1.165) is 10.0 Å². The average Bonchev–Trinajstić information content (AvgIpc) is 3.10. The van der Waals surface area contributed by atoms with E-state index in [1.807, 2.05) is 31.2 Å². The van der Waals surface area contributed by atoms with Crippen LogP contribution in [0.5, 0.6) is 0 Å². The van der Waals surface area contributed by atoms with Crippen LogP contribution in [-0.2, 0) is 0 Å². The van der Waals surface area contributed by atoms with Gasteiger partial charge in [0.2, 0.25) is 11.7 Å². The molecule has 5 rings (SSSR count). The lowest BCUT2D eigenvalue weighted by Gasteiger charge is -2.09. The Hall–Kier alpha value is -3.07. The van der Waals surface area contributed by atoms with Gasteiger partial charge >= 0.3 is 0 Å². The van der Waals surface area contributed by atoms with Crippen molar-refractivity contribution in [1.82, 2.24) is 19.8 Å². The van der Waals surface area contributed by atoms with Crippen LogP contribution in [0.15, 0.2) is 51.7 Å². The summed E-state index contributed by atoms with van der Waals surface area (Å²) >= 11 is 3.42. The number of aromatic nitrogens is 4. The lowest BCUT2D eigenvalue weighted by molar-refractivity contribution is 0.102. The van der Waals surface area contributed by atoms with E-state index in [1.54, 1.807) is 16.8 Å².